The van der Waals surface area contributed by atoms with Crippen LogP contribution in [0.2, 0.25) is 0 Å². The molecule has 2 unspecified atom stereocenters. The minimum atomic E-state index is -1.18. The van der Waals surface area contributed by atoms with Crippen molar-refractivity contribution in [2.45, 2.75) is 44.7 Å². The molecule has 9 heteroatoms. The minimum absolute atomic E-state index is 0.00705. The van der Waals surface area contributed by atoms with Crippen LogP contribution in [0.1, 0.15) is 32.6 Å². The molecule has 0 aromatic rings. The smallest absolute Gasteiger partial charge is 0.322 e. The Bertz CT molecular complexity index is 416. The number of hydrogen-bond donors (Lipinski definition) is 5. The summed E-state index contributed by atoms with van der Waals surface area (Å²) in [7, 11) is 0. The summed E-state index contributed by atoms with van der Waals surface area (Å²) in [6.45, 7) is 1.33. The van der Waals surface area contributed by atoms with E-state index in [-0.39, 0.29) is 24.4 Å². The highest BCUT2D eigenvalue weighted by atomic mass is 32.1. The molecule has 0 aromatic heterocycles. The summed E-state index contributed by atoms with van der Waals surface area (Å²) < 4.78 is 0. The molecule has 22 heavy (non-hydrogen) atoms. The van der Waals surface area contributed by atoms with Crippen molar-refractivity contribution in [3.63, 3.8) is 0 Å². The van der Waals surface area contributed by atoms with Crippen molar-refractivity contribution in [1.29, 1.82) is 0 Å². The largest absolute Gasteiger partial charge is 0.480 e. The summed E-state index contributed by atoms with van der Waals surface area (Å²) in [6, 6.07) is -1.63. The van der Waals surface area contributed by atoms with Crippen LogP contribution in [0.5, 0.6) is 0 Å². The number of nitrogens with one attached hydrogen (secondary N) is 2. The van der Waals surface area contributed by atoms with Crippen LogP contribution in [0.3, 0.4) is 0 Å². The predicted molar refractivity (Wildman–Crippen MR) is 83.6 cm³/mol. The highest BCUT2D eigenvalue weighted by molar-refractivity contribution is 7.80. The average molecular weight is 333 g/mol. The van der Waals surface area contributed by atoms with Crippen molar-refractivity contribution in [3.8, 4) is 0 Å². The van der Waals surface area contributed by atoms with E-state index >= 15 is 0 Å². The van der Waals surface area contributed by atoms with Crippen molar-refractivity contribution in [2.75, 3.05) is 12.3 Å². The molecule has 0 fully saturated rings. The summed E-state index contributed by atoms with van der Waals surface area (Å²) in [5, 5.41) is 13.1. The lowest BCUT2D eigenvalue weighted by Gasteiger charge is -2.16. The molecule has 0 rings (SSSR count). The standard InChI is InChI=1S/C13H23N3O5S/c1-2-3-10(17)8(14)4-5-11(18)16-9(7-22)13(21)15-6-12(19)20/h8-9,22H,2-7,14H2,1H3,(H,15,21)(H,16,18)(H,19,20). The fourth-order valence-electron chi connectivity index (χ4n) is 1.63. The Morgan fingerprint density at radius 3 is 2.36 bits per heavy atom. The number of carbonyl (C=O) groups is 4. The van der Waals surface area contributed by atoms with Gasteiger partial charge in [0.25, 0.3) is 0 Å². The zero-order chi connectivity index (χ0) is 17.1. The van der Waals surface area contributed by atoms with Gasteiger partial charge in [0.1, 0.15) is 18.4 Å². The fourth-order valence-corrected chi connectivity index (χ4v) is 1.88. The van der Waals surface area contributed by atoms with Gasteiger partial charge in [0.2, 0.25) is 11.8 Å². The molecule has 0 aliphatic rings. The van der Waals surface area contributed by atoms with Crippen molar-refractivity contribution >= 4 is 36.2 Å². The SMILES string of the molecule is CCCC(=O)C(N)CCC(=O)NC(CS)C(=O)NCC(=O)O. The molecule has 126 valence electrons. The van der Waals surface area contributed by atoms with E-state index in [1.165, 1.54) is 0 Å². The van der Waals surface area contributed by atoms with Crippen LogP contribution in [0, 0.1) is 0 Å². The Morgan fingerprint density at radius 1 is 1.23 bits per heavy atom. The van der Waals surface area contributed by atoms with Gasteiger partial charge >= 0.3 is 5.97 Å². The number of hydrogen-bond acceptors (Lipinski definition) is 6. The summed E-state index contributed by atoms with van der Waals surface area (Å²) >= 11 is 3.94. The first-order chi connectivity index (χ1) is 10.3. The predicted octanol–water partition coefficient (Wildman–Crippen LogP) is -0.921. The van der Waals surface area contributed by atoms with Gasteiger partial charge in [-0.2, -0.15) is 12.6 Å². The van der Waals surface area contributed by atoms with Crippen molar-refractivity contribution in [3.05, 3.63) is 0 Å². The number of amides is 2. The molecule has 0 saturated heterocycles. The Hall–Kier alpha value is -1.61. The van der Waals surface area contributed by atoms with E-state index in [0.29, 0.717) is 12.8 Å². The quantitative estimate of drug-likeness (QED) is 0.310. The first-order valence-corrected chi connectivity index (χ1v) is 7.63. The Morgan fingerprint density at radius 2 is 1.86 bits per heavy atom. The second-order valence-electron chi connectivity index (χ2n) is 4.78. The molecule has 0 bridgehead atoms. The third-order valence-electron chi connectivity index (χ3n) is 2.84. The van der Waals surface area contributed by atoms with E-state index in [1.54, 1.807) is 0 Å². The third-order valence-corrected chi connectivity index (χ3v) is 3.21. The molecule has 8 nitrogen and oxygen atoms in total. The molecular weight excluding hydrogens is 310 g/mol. The fraction of sp³-hybridized carbons (Fsp3) is 0.692. The highest BCUT2D eigenvalue weighted by Crippen LogP contribution is 2.01. The molecular formula is C13H23N3O5S. The number of thiol groups is 1. The van der Waals surface area contributed by atoms with Crippen LogP contribution in [-0.4, -0.2) is 53.1 Å². The lowest BCUT2D eigenvalue weighted by atomic mass is 10.0. The maximum atomic E-state index is 11.7. The first kappa shape index (κ1) is 20.4. The number of ketones is 1. The van der Waals surface area contributed by atoms with Gasteiger partial charge in [-0.1, -0.05) is 6.92 Å². The molecule has 0 aromatic carbocycles. The van der Waals surface area contributed by atoms with E-state index in [0.717, 1.165) is 0 Å². The number of nitrogens with two attached hydrogens (primary N) is 1. The number of carboxylic acid groups (broad SMARTS) is 1. The van der Waals surface area contributed by atoms with Crippen molar-refractivity contribution in [2.24, 2.45) is 5.73 Å². The van der Waals surface area contributed by atoms with Gasteiger partial charge < -0.3 is 21.5 Å². The summed E-state index contributed by atoms with van der Waals surface area (Å²) in [6.07, 6.45) is 1.28. The van der Waals surface area contributed by atoms with Gasteiger partial charge in [-0.05, 0) is 12.8 Å². The zero-order valence-electron chi connectivity index (χ0n) is 12.5. The topological polar surface area (TPSA) is 139 Å². The van der Waals surface area contributed by atoms with Gasteiger partial charge in [0.05, 0.1) is 6.04 Å². The van der Waals surface area contributed by atoms with Gasteiger partial charge in [-0.15, -0.1) is 0 Å². The average Bonchev–Trinajstić information content (AvgIpc) is 2.47. The van der Waals surface area contributed by atoms with Gasteiger partial charge in [-0.25, -0.2) is 0 Å². The molecule has 0 heterocycles. The third kappa shape index (κ3) is 8.63. The Labute approximate surface area is 134 Å². The van der Waals surface area contributed by atoms with Gasteiger partial charge in [0.15, 0.2) is 0 Å². The minimum Gasteiger partial charge on any atom is -0.480 e. The Balaban J connectivity index is 4.23. The Kier molecular flexibility index (Phi) is 10.2. The van der Waals surface area contributed by atoms with Crippen molar-refractivity contribution < 1.29 is 24.3 Å². The number of carboxylic acids is 1. The second kappa shape index (κ2) is 11.0. The number of aliphatic carboxylic acids is 1. The van der Waals surface area contributed by atoms with Crippen LogP contribution >= 0.6 is 12.6 Å². The van der Waals surface area contributed by atoms with Crippen LogP contribution in [-0.2, 0) is 19.2 Å². The van der Waals surface area contributed by atoms with Crippen LogP contribution in [0.15, 0.2) is 0 Å². The number of rotatable bonds is 11. The molecule has 5 N–H and O–H groups in total. The molecule has 0 spiro atoms. The van der Waals surface area contributed by atoms with Crippen LogP contribution in [0.25, 0.3) is 0 Å². The molecule has 2 atom stereocenters. The maximum Gasteiger partial charge on any atom is 0.322 e. The molecule has 0 aliphatic heterocycles. The molecule has 0 saturated carbocycles. The first-order valence-electron chi connectivity index (χ1n) is 6.99. The van der Waals surface area contributed by atoms with E-state index in [4.69, 9.17) is 10.8 Å². The summed E-state index contributed by atoms with van der Waals surface area (Å²) in [5.41, 5.74) is 5.67. The second-order valence-corrected chi connectivity index (χ2v) is 5.14. The number of Topliss-reactive ketones (excluding diaryl/α,β-unsaturated/α-hetero) is 1. The monoisotopic (exact) mass is 333 g/mol. The molecule has 0 aliphatic carbocycles. The normalized spacial score (nSPS) is 13.0. The van der Waals surface area contributed by atoms with Crippen LogP contribution < -0.4 is 16.4 Å². The molecule has 0 radical (unpaired) electrons. The maximum absolute atomic E-state index is 11.7. The van der Waals surface area contributed by atoms with E-state index in [1.807, 2.05) is 6.92 Å². The van der Waals surface area contributed by atoms with Gasteiger partial charge in [-0.3, -0.25) is 19.2 Å². The number of carbonyl (C=O) groups excluding carboxylic acids is 3. The van der Waals surface area contributed by atoms with E-state index < -0.39 is 36.4 Å². The lowest BCUT2D eigenvalue weighted by molar-refractivity contribution is -0.138. The van der Waals surface area contributed by atoms with E-state index in [2.05, 4.69) is 23.3 Å². The lowest BCUT2D eigenvalue weighted by Crippen LogP contribution is -2.49. The zero-order valence-corrected chi connectivity index (χ0v) is 13.4. The van der Waals surface area contributed by atoms with E-state index in [9.17, 15) is 19.2 Å². The summed E-state index contributed by atoms with van der Waals surface area (Å²) in [4.78, 5) is 45.2. The highest BCUT2D eigenvalue weighted by Gasteiger charge is 2.20. The van der Waals surface area contributed by atoms with Gasteiger partial charge in [0, 0.05) is 18.6 Å². The summed E-state index contributed by atoms with van der Waals surface area (Å²) in [5.74, 6) is -2.32. The van der Waals surface area contributed by atoms with Crippen molar-refractivity contribution in [1.82, 2.24) is 10.6 Å². The van der Waals surface area contributed by atoms with Crippen LogP contribution in [0.4, 0.5) is 0 Å². The molecule has 2 amide bonds.